The van der Waals surface area contributed by atoms with Gasteiger partial charge in [-0.15, -0.1) is 0 Å². The maximum absolute atomic E-state index is 6.28. The Morgan fingerprint density at radius 3 is 2.75 bits per heavy atom. The van der Waals surface area contributed by atoms with Crippen molar-refractivity contribution in [3.63, 3.8) is 0 Å². The third-order valence-electron chi connectivity index (χ3n) is 3.63. The van der Waals surface area contributed by atoms with Crippen LogP contribution in [0.15, 0.2) is 41.5 Å². The highest BCUT2D eigenvalue weighted by Crippen LogP contribution is 2.26. The smallest absolute Gasteiger partial charge is 0.192 e. The Labute approximate surface area is 153 Å². The molecule has 128 valence electrons. The van der Waals surface area contributed by atoms with Gasteiger partial charge in [0.15, 0.2) is 5.96 Å². The molecule has 1 heterocycles. The molecular formula is C18H22Cl2N4. The zero-order valence-corrected chi connectivity index (χ0v) is 15.6. The summed E-state index contributed by atoms with van der Waals surface area (Å²) in [6.45, 7) is 7.39. The molecule has 0 aliphatic carbocycles. The van der Waals surface area contributed by atoms with Crippen molar-refractivity contribution in [2.45, 2.75) is 33.4 Å². The monoisotopic (exact) mass is 364 g/mol. The first-order chi connectivity index (χ1) is 11.5. The second-order valence-electron chi connectivity index (χ2n) is 5.49. The largest absolute Gasteiger partial charge is 0.357 e. The summed E-state index contributed by atoms with van der Waals surface area (Å²) in [7, 11) is 0. The Bertz CT molecular complexity index is 716. The standard InChI is InChI=1S/C18H22Cl2N4/c1-4-21-18(23-11-17-12(2)6-5-9-22-17)24-13(3)15-8-7-14(19)10-16(15)20/h5-10,13H,4,11H2,1-3H3,(H2,21,23,24). The van der Waals surface area contributed by atoms with E-state index >= 15 is 0 Å². The lowest BCUT2D eigenvalue weighted by Crippen LogP contribution is -2.38. The van der Waals surface area contributed by atoms with E-state index in [1.807, 2.05) is 45.0 Å². The second kappa shape index (κ2) is 8.90. The van der Waals surface area contributed by atoms with Crippen LogP contribution >= 0.6 is 23.2 Å². The number of hydrogen-bond acceptors (Lipinski definition) is 2. The number of nitrogens with one attached hydrogen (secondary N) is 2. The molecule has 0 aliphatic heterocycles. The van der Waals surface area contributed by atoms with E-state index in [1.54, 1.807) is 12.3 Å². The fourth-order valence-electron chi connectivity index (χ4n) is 2.29. The second-order valence-corrected chi connectivity index (χ2v) is 6.34. The molecule has 0 spiro atoms. The summed E-state index contributed by atoms with van der Waals surface area (Å²) in [6, 6.07) is 9.47. The molecular weight excluding hydrogens is 343 g/mol. The van der Waals surface area contributed by atoms with Gasteiger partial charge in [-0.25, -0.2) is 4.99 Å². The van der Waals surface area contributed by atoms with Gasteiger partial charge in [0.2, 0.25) is 0 Å². The van der Waals surface area contributed by atoms with Gasteiger partial charge in [0.1, 0.15) is 0 Å². The van der Waals surface area contributed by atoms with E-state index in [2.05, 4.69) is 20.6 Å². The van der Waals surface area contributed by atoms with Gasteiger partial charge in [0.25, 0.3) is 0 Å². The van der Waals surface area contributed by atoms with Crippen LogP contribution in [0.1, 0.15) is 36.7 Å². The van der Waals surface area contributed by atoms with E-state index in [1.165, 1.54) is 0 Å². The minimum Gasteiger partial charge on any atom is -0.357 e. The van der Waals surface area contributed by atoms with Crippen molar-refractivity contribution in [1.29, 1.82) is 0 Å². The van der Waals surface area contributed by atoms with Crippen LogP contribution in [0, 0.1) is 6.92 Å². The number of hydrogen-bond donors (Lipinski definition) is 2. The van der Waals surface area contributed by atoms with Gasteiger partial charge in [-0.3, -0.25) is 4.98 Å². The van der Waals surface area contributed by atoms with E-state index in [0.717, 1.165) is 29.3 Å². The highest BCUT2D eigenvalue weighted by molar-refractivity contribution is 6.35. The molecule has 0 aliphatic rings. The SMILES string of the molecule is CCNC(=NCc1ncccc1C)NC(C)c1ccc(Cl)cc1Cl. The minimum absolute atomic E-state index is 0.00241. The fourth-order valence-corrected chi connectivity index (χ4v) is 2.87. The predicted molar refractivity (Wildman–Crippen MR) is 102 cm³/mol. The van der Waals surface area contributed by atoms with Gasteiger partial charge >= 0.3 is 0 Å². The number of aryl methyl sites for hydroxylation is 1. The molecule has 2 rings (SSSR count). The van der Waals surface area contributed by atoms with Crippen LogP contribution < -0.4 is 10.6 Å². The number of benzene rings is 1. The van der Waals surface area contributed by atoms with Crippen LogP contribution in [-0.4, -0.2) is 17.5 Å². The van der Waals surface area contributed by atoms with E-state index in [9.17, 15) is 0 Å². The van der Waals surface area contributed by atoms with Crippen LogP contribution in [0.3, 0.4) is 0 Å². The van der Waals surface area contributed by atoms with Gasteiger partial charge in [-0.1, -0.05) is 35.3 Å². The molecule has 6 heteroatoms. The molecule has 0 radical (unpaired) electrons. The van der Waals surface area contributed by atoms with E-state index in [-0.39, 0.29) is 6.04 Å². The van der Waals surface area contributed by atoms with Gasteiger partial charge in [0, 0.05) is 22.8 Å². The zero-order valence-electron chi connectivity index (χ0n) is 14.1. The number of aromatic nitrogens is 1. The number of guanidine groups is 1. The van der Waals surface area contributed by atoms with Crippen molar-refractivity contribution in [1.82, 2.24) is 15.6 Å². The van der Waals surface area contributed by atoms with Gasteiger partial charge in [0.05, 0.1) is 18.3 Å². The molecule has 0 bridgehead atoms. The number of pyridine rings is 1. The molecule has 24 heavy (non-hydrogen) atoms. The lowest BCUT2D eigenvalue weighted by atomic mass is 10.1. The summed E-state index contributed by atoms with van der Waals surface area (Å²) < 4.78 is 0. The van der Waals surface area contributed by atoms with Crippen molar-refractivity contribution >= 4 is 29.2 Å². The average Bonchev–Trinajstić information content (AvgIpc) is 2.54. The Morgan fingerprint density at radius 1 is 1.29 bits per heavy atom. The van der Waals surface area contributed by atoms with Crippen LogP contribution in [0.4, 0.5) is 0 Å². The molecule has 2 N–H and O–H groups in total. The highest BCUT2D eigenvalue weighted by Gasteiger charge is 2.12. The minimum atomic E-state index is -0.00241. The summed E-state index contributed by atoms with van der Waals surface area (Å²) >= 11 is 12.2. The fraction of sp³-hybridized carbons (Fsp3) is 0.333. The molecule has 1 aromatic carbocycles. The van der Waals surface area contributed by atoms with E-state index < -0.39 is 0 Å². The predicted octanol–water partition coefficient (Wildman–Crippen LogP) is 4.51. The molecule has 0 fully saturated rings. The maximum Gasteiger partial charge on any atom is 0.192 e. The topological polar surface area (TPSA) is 49.3 Å². The lowest BCUT2D eigenvalue weighted by molar-refractivity contribution is 0.686. The molecule has 2 aromatic rings. The zero-order chi connectivity index (χ0) is 17.5. The summed E-state index contributed by atoms with van der Waals surface area (Å²) in [5.74, 6) is 0.723. The van der Waals surface area contributed by atoms with Crippen molar-refractivity contribution in [3.05, 3.63) is 63.4 Å². The summed E-state index contributed by atoms with van der Waals surface area (Å²) in [5, 5.41) is 7.88. The Hall–Kier alpha value is -1.78. The van der Waals surface area contributed by atoms with Crippen LogP contribution in [0.5, 0.6) is 0 Å². The molecule has 1 aromatic heterocycles. The molecule has 1 unspecified atom stereocenters. The van der Waals surface area contributed by atoms with Crippen molar-refractivity contribution < 1.29 is 0 Å². The lowest BCUT2D eigenvalue weighted by Gasteiger charge is -2.19. The third kappa shape index (κ3) is 5.11. The first kappa shape index (κ1) is 18.6. The Morgan fingerprint density at radius 2 is 2.08 bits per heavy atom. The third-order valence-corrected chi connectivity index (χ3v) is 4.19. The van der Waals surface area contributed by atoms with Crippen molar-refractivity contribution in [2.75, 3.05) is 6.54 Å². The van der Waals surface area contributed by atoms with Gasteiger partial charge < -0.3 is 10.6 Å². The van der Waals surface area contributed by atoms with Gasteiger partial charge in [-0.05, 0) is 50.1 Å². The van der Waals surface area contributed by atoms with Crippen LogP contribution in [-0.2, 0) is 6.54 Å². The molecule has 0 amide bonds. The first-order valence-corrected chi connectivity index (χ1v) is 8.67. The van der Waals surface area contributed by atoms with Crippen LogP contribution in [0.25, 0.3) is 0 Å². The normalized spacial score (nSPS) is 12.8. The number of halogens is 2. The molecule has 4 nitrogen and oxygen atoms in total. The summed E-state index contributed by atoms with van der Waals surface area (Å²) in [5.41, 5.74) is 3.07. The Balaban J connectivity index is 2.12. The average molecular weight is 365 g/mol. The molecule has 0 saturated heterocycles. The van der Waals surface area contributed by atoms with E-state index in [4.69, 9.17) is 23.2 Å². The van der Waals surface area contributed by atoms with Crippen molar-refractivity contribution in [2.24, 2.45) is 4.99 Å². The van der Waals surface area contributed by atoms with Gasteiger partial charge in [-0.2, -0.15) is 0 Å². The van der Waals surface area contributed by atoms with E-state index in [0.29, 0.717) is 16.6 Å². The summed E-state index contributed by atoms with van der Waals surface area (Å²) in [4.78, 5) is 8.99. The molecule has 1 atom stereocenters. The maximum atomic E-state index is 6.28. The number of aliphatic imine (C=N–C) groups is 1. The Kier molecular flexibility index (Phi) is 6.88. The first-order valence-electron chi connectivity index (χ1n) is 7.91. The summed E-state index contributed by atoms with van der Waals surface area (Å²) in [6.07, 6.45) is 1.79. The number of rotatable bonds is 5. The highest BCUT2D eigenvalue weighted by atomic mass is 35.5. The quantitative estimate of drug-likeness (QED) is 0.605. The number of nitrogens with zero attached hydrogens (tertiary/aromatic N) is 2. The molecule has 0 saturated carbocycles. The van der Waals surface area contributed by atoms with Crippen molar-refractivity contribution in [3.8, 4) is 0 Å². The van der Waals surface area contributed by atoms with Crippen LogP contribution in [0.2, 0.25) is 10.0 Å².